The van der Waals surface area contributed by atoms with Crippen LogP contribution in [0.3, 0.4) is 0 Å². The van der Waals surface area contributed by atoms with Gasteiger partial charge in [-0.15, -0.1) is 0 Å². The van der Waals surface area contributed by atoms with E-state index in [1.807, 2.05) is 24.3 Å². The first-order chi connectivity index (χ1) is 10.6. The van der Waals surface area contributed by atoms with Gasteiger partial charge in [0.05, 0.1) is 12.7 Å². The third kappa shape index (κ3) is 2.73. The summed E-state index contributed by atoms with van der Waals surface area (Å²) >= 11 is 3.40. The fourth-order valence-corrected chi connectivity index (χ4v) is 3.17. The van der Waals surface area contributed by atoms with Gasteiger partial charge in [0, 0.05) is 28.7 Å². The van der Waals surface area contributed by atoms with E-state index >= 15 is 0 Å². The summed E-state index contributed by atoms with van der Waals surface area (Å²) in [7, 11) is 1.37. The molecule has 0 aliphatic carbocycles. The molecular weight excluding hydrogens is 346 g/mol. The second kappa shape index (κ2) is 6.08. The molecule has 5 heteroatoms. The summed E-state index contributed by atoms with van der Waals surface area (Å²) in [5.41, 5.74) is 2.99. The average molecular weight is 362 g/mol. The molecule has 22 heavy (non-hydrogen) atoms. The summed E-state index contributed by atoms with van der Waals surface area (Å²) < 4.78 is 7.58. The van der Waals surface area contributed by atoms with Gasteiger partial charge >= 0.3 is 5.97 Å². The van der Waals surface area contributed by atoms with Gasteiger partial charge in [-0.25, -0.2) is 4.79 Å². The molecule has 0 amide bonds. The number of carbonyl (C=O) groups excluding carboxylic acids is 1. The standard InChI is InChI=1S/C17H16BrNO3/c1-22-17(21)14-10-12(9-11-4-6-13(18)7-5-11)16(20)19-8-2-3-15(14)19/h4-7,10H,2-3,8-9H2,1H3. The van der Waals surface area contributed by atoms with Crippen LogP contribution in [0, 0.1) is 0 Å². The number of nitrogens with zero attached hydrogens (tertiary/aromatic N) is 1. The van der Waals surface area contributed by atoms with Gasteiger partial charge in [-0.2, -0.15) is 0 Å². The number of carbonyl (C=O) groups is 1. The molecule has 1 aromatic heterocycles. The second-order valence-electron chi connectivity index (χ2n) is 5.39. The average Bonchev–Trinajstić information content (AvgIpc) is 3.01. The Labute approximate surface area is 136 Å². The number of hydrogen-bond acceptors (Lipinski definition) is 3. The van der Waals surface area contributed by atoms with Crippen LogP contribution in [0.2, 0.25) is 0 Å². The third-order valence-corrected chi connectivity index (χ3v) is 4.51. The number of esters is 1. The maximum atomic E-state index is 12.6. The quantitative estimate of drug-likeness (QED) is 0.789. The molecule has 4 nitrogen and oxygen atoms in total. The number of methoxy groups -OCH3 is 1. The van der Waals surface area contributed by atoms with Gasteiger partial charge in [0.15, 0.2) is 0 Å². The Morgan fingerprint density at radius 1 is 1.32 bits per heavy atom. The van der Waals surface area contributed by atoms with E-state index < -0.39 is 0 Å². The van der Waals surface area contributed by atoms with Crippen molar-refractivity contribution in [3.63, 3.8) is 0 Å². The van der Waals surface area contributed by atoms with Crippen LogP contribution in [-0.2, 0) is 24.1 Å². The van der Waals surface area contributed by atoms with Crippen molar-refractivity contribution in [3.8, 4) is 0 Å². The van der Waals surface area contributed by atoms with Crippen molar-refractivity contribution < 1.29 is 9.53 Å². The van der Waals surface area contributed by atoms with Gasteiger partial charge in [-0.3, -0.25) is 4.79 Å². The Hall–Kier alpha value is -1.88. The smallest absolute Gasteiger partial charge is 0.339 e. The maximum absolute atomic E-state index is 12.6. The van der Waals surface area contributed by atoms with Crippen LogP contribution in [0.15, 0.2) is 39.6 Å². The number of aromatic nitrogens is 1. The number of ether oxygens (including phenoxy) is 1. The molecule has 0 radical (unpaired) electrons. The Morgan fingerprint density at radius 2 is 2.05 bits per heavy atom. The van der Waals surface area contributed by atoms with Crippen LogP contribution in [0.1, 0.15) is 33.6 Å². The van der Waals surface area contributed by atoms with E-state index in [0.717, 1.165) is 28.6 Å². The first-order valence-electron chi connectivity index (χ1n) is 7.18. The molecule has 0 saturated heterocycles. The molecule has 0 saturated carbocycles. The van der Waals surface area contributed by atoms with Crippen molar-refractivity contribution in [2.75, 3.05) is 7.11 Å². The second-order valence-corrected chi connectivity index (χ2v) is 6.30. The molecule has 0 atom stereocenters. The van der Waals surface area contributed by atoms with Gasteiger partial charge in [0.2, 0.25) is 0 Å². The summed E-state index contributed by atoms with van der Waals surface area (Å²) in [5.74, 6) is -0.372. The zero-order valence-electron chi connectivity index (χ0n) is 12.3. The van der Waals surface area contributed by atoms with E-state index in [-0.39, 0.29) is 11.5 Å². The molecule has 2 aromatic rings. The van der Waals surface area contributed by atoms with E-state index in [1.165, 1.54) is 7.11 Å². The molecule has 114 valence electrons. The Balaban J connectivity index is 2.06. The highest BCUT2D eigenvalue weighted by Crippen LogP contribution is 2.20. The monoisotopic (exact) mass is 361 g/mol. The molecular formula is C17H16BrNO3. The molecule has 0 fully saturated rings. The fraction of sp³-hybridized carbons (Fsp3) is 0.294. The van der Waals surface area contributed by atoms with Crippen molar-refractivity contribution in [2.45, 2.75) is 25.8 Å². The molecule has 3 rings (SSSR count). The minimum absolute atomic E-state index is 0.00284. The van der Waals surface area contributed by atoms with Crippen LogP contribution < -0.4 is 5.56 Å². The lowest BCUT2D eigenvalue weighted by Gasteiger charge is -2.12. The minimum Gasteiger partial charge on any atom is -0.465 e. The molecule has 0 unspecified atom stereocenters. The molecule has 1 aliphatic heterocycles. The summed E-state index contributed by atoms with van der Waals surface area (Å²) in [6, 6.07) is 9.54. The van der Waals surface area contributed by atoms with Crippen molar-refractivity contribution in [1.29, 1.82) is 0 Å². The topological polar surface area (TPSA) is 48.3 Å². The molecule has 0 bridgehead atoms. The first kappa shape index (κ1) is 15.0. The lowest BCUT2D eigenvalue weighted by Crippen LogP contribution is -2.26. The number of fused-ring (bicyclic) bond motifs is 1. The van der Waals surface area contributed by atoms with Crippen molar-refractivity contribution >= 4 is 21.9 Å². The summed E-state index contributed by atoms with van der Waals surface area (Å²) in [6.07, 6.45) is 2.15. The normalized spacial score (nSPS) is 13.0. The van der Waals surface area contributed by atoms with Crippen LogP contribution in [0.4, 0.5) is 0 Å². The van der Waals surface area contributed by atoms with Crippen LogP contribution in [0.5, 0.6) is 0 Å². The Morgan fingerprint density at radius 3 is 2.73 bits per heavy atom. The van der Waals surface area contributed by atoms with Crippen LogP contribution >= 0.6 is 15.9 Å². The predicted molar refractivity (Wildman–Crippen MR) is 87.3 cm³/mol. The van der Waals surface area contributed by atoms with E-state index in [4.69, 9.17) is 4.74 Å². The molecule has 0 N–H and O–H groups in total. The molecule has 1 aliphatic rings. The number of hydrogen-bond donors (Lipinski definition) is 0. The van der Waals surface area contributed by atoms with E-state index in [0.29, 0.717) is 24.1 Å². The van der Waals surface area contributed by atoms with E-state index in [9.17, 15) is 9.59 Å². The zero-order valence-corrected chi connectivity index (χ0v) is 13.9. The largest absolute Gasteiger partial charge is 0.465 e. The van der Waals surface area contributed by atoms with Crippen molar-refractivity contribution in [1.82, 2.24) is 4.57 Å². The number of pyridine rings is 1. The number of rotatable bonds is 3. The molecule has 2 heterocycles. The molecule has 0 spiro atoms. The van der Waals surface area contributed by atoms with Crippen LogP contribution in [-0.4, -0.2) is 17.6 Å². The van der Waals surface area contributed by atoms with Crippen molar-refractivity contribution in [2.24, 2.45) is 0 Å². The highest BCUT2D eigenvalue weighted by Gasteiger charge is 2.23. The molecule has 1 aromatic carbocycles. The lowest BCUT2D eigenvalue weighted by molar-refractivity contribution is 0.0598. The summed E-state index contributed by atoms with van der Waals surface area (Å²) in [4.78, 5) is 24.6. The van der Waals surface area contributed by atoms with Gasteiger partial charge < -0.3 is 9.30 Å². The lowest BCUT2D eigenvalue weighted by atomic mass is 10.0. The minimum atomic E-state index is -0.372. The van der Waals surface area contributed by atoms with Gasteiger partial charge in [-0.05, 0) is 36.6 Å². The first-order valence-corrected chi connectivity index (χ1v) is 7.98. The maximum Gasteiger partial charge on any atom is 0.339 e. The Kier molecular flexibility index (Phi) is 4.16. The summed E-state index contributed by atoms with van der Waals surface area (Å²) in [5, 5.41) is 0. The number of halogens is 1. The van der Waals surface area contributed by atoms with Gasteiger partial charge in [0.1, 0.15) is 0 Å². The zero-order chi connectivity index (χ0) is 15.7. The highest BCUT2D eigenvalue weighted by atomic mass is 79.9. The SMILES string of the molecule is COC(=O)c1cc(Cc2ccc(Br)cc2)c(=O)n2c1CCC2. The number of benzene rings is 1. The van der Waals surface area contributed by atoms with E-state index in [2.05, 4.69) is 15.9 Å². The Bertz CT molecular complexity index is 778. The predicted octanol–water partition coefficient (Wildman–Crippen LogP) is 2.93. The van der Waals surface area contributed by atoms with Crippen LogP contribution in [0.25, 0.3) is 0 Å². The van der Waals surface area contributed by atoms with Gasteiger partial charge in [0.25, 0.3) is 5.56 Å². The van der Waals surface area contributed by atoms with Gasteiger partial charge in [-0.1, -0.05) is 28.1 Å². The fourth-order valence-electron chi connectivity index (χ4n) is 2.91. The van der Waals surface area contributed by atoms with Crippen molar-refractivity contribution in [3.05, 3.63) is 67.5 Å². The summed E-state index contributed by atoms with van der Waals surface area (Å²) in [6.45, 7) is 0.673. The van der Waals surface area contributed by atoms with E-state index in [1.54, 1.807) is 10.6 Å². The third-order valence-electron chi connectivity index (χ3n) is 3.98. The highest BCUT2D eigenvalue weighted by molar-refractivity contribution is 9.10.